The third-order valence-corrected chi connectivity index (χ3v) is 1.95. The number of rotatable bonds is 1. The van der Waals surface area contributed by atoms with Crippen LogP contribution in [0.2, 0.25) is 5.02 Å². The molecule has 0 saturated heterocycles. The highest BCUT2D eigenvalue weighted by atomic mass is 35.5. The molecular weight excluding hydrogens is 178 g/mol. The molecule has 64 valence electrons. The van der Waals surface area contributed by atoms with Crippen molar-refractivity contribution in [3.8, 4) is 0 Å². The Hall–Kier alpha value is -1.09. The average molecular weight is 186 g/mol. The van der Waals surface area contributed by atoms with Gasteiger partial charge >= 0.3 is 5.97 Å². The van der Waals surface area contributed by atoms with Gasteiger partial charge < -0.3 is 5.11 Å². The number of hydrogen-bond acceptors (Lipinski definition) is 2. The number of hydrogen-bond donors (Lipinski definition) is 1. The molecule has 1 heterocycles. The molecule has 12 heavy (non-hydrogen) atoms. The standard InChI is InChI=1S/C8H8ClNO2/c1-4-3-5(2)10-7(6(4)9)8(11)12/h3H,1-2H3,(H,11,12). The van der Waals surface area contributed by atoms with E-state index in [4.69, 9.17) is 16.7 Å². The average Bonchev–Trinajstić information content (AvgIpc) is 1.96. The molecule has 4 heteroatoms. The third-order valence-electron chi connectivity index (χ3n) is 1.47. The van der Waals surface area contributed by atoms with Crippen LogP contribution in [0, 0.1) is 13.8 Å². The molecule has 1 aromatic rings. The van der Waals surface area contributed by atoms with Crippen LogP contribution in [0.25, 0.3) is 0 Å². The number of aryl methyl sites for hydroxylation is 2. The number of aromatic nitrogens is 1. The Bertz CT molecular complexity index is 336. The van der Waals surface area contributed by atoms with Crippen LogP contribution < -0.4 is 0 Å². The minimum Gasteiger partial charge on any atom is -0.476 e. The van der Waals surface area contributed by atoms with Crippen molar-refractivity contribution < 1.29 is 9.90 Å². The van der Waals surface area contributed by atoms with Crippen LogP contribution in [-0.4, -0.2) is 16.1 Å². The number of carboxylic acid groups (broad SMARTS) is 1. The molecule has 1 aromatic heterocycles. The van der Waals surface area contributed by atoms with E-state index in [1.165, 1.54) is 0 Å². The highest BCUT2D eigenvalue weighted by Crippen LogP contribution is 2.19. The van der Waals surface area contributed by atoms with Gasteiger partial charge in [-0.15, -0.1) is 0 Å². The van der Waals surface area contributed by atoms with Crippen molar-refractivity contribution in [1.82, 2.24) is 4.98 Å². The van der Waals surface area contributed by atoms with Crippen LogP contribution in [-0.2, 0) is 0 Å². The second-order valence-corrected chi connectivity index (χ2v) is 2.93. The zero-order chi connectivity index (χ0) is 9.30. The predicted molar refractivity (Wildman–Crippen MR) is 45.7 cm³/mol. The summed E-state index contributed by atoms with van der Waals surface area (Å²) in [7, 11) is 0. The lowest BCUT2D eigenvalue weighted by Crippen LogP contribution is -2.03. The summed E-state index contributed by atoms with van der Waals surface area (Å²) < 4.78 is 0. The van der Waals surface area contributed by atoms with Gasteiger partial charge in [0.1, 0.15) is 0 Å². The first-order valence-electron chi connectivity index (χ1n) is 3.39. The second kappa shape index (κ2) is 3.11. The molecule has 0 fully saturated rings. The topological polar surface area (TPSA) is 50.2 Å². The Balaban J connectivity index is 3.37. The third kappa shape index (κ3) is 1.56. The summed E-state index contributed by atoms with van der Waals surface area (Å²) in [5.41, 5.74) is 1.32. The lowest BCUT2D eigenvalue weighted by atomic mass is 10.2. The van der Waals surface area contributed by atoms with E-state index in [1.807, 2.05) is 0 Å². The molecule has 0 aliphatic heterocycles. The first-order chi connectivity index (χ1) is 5.52. The van der Waals surface area contributed by atoms with Gasteiger partial charge in [0.25, 0.3) is 0 Å². The van der Waals surface area contributed by atoms with Crippen LogP contribution >= 0.6 is 11.6 Å². The van der Waals surface area contributed by atoms with E-state index in [1.54, 1.807) is 19.9 Å². The van der Waals surface area contributed by atoms with Gasteiger partial charge in [-0.25, -0.2) is 9.78 Å². The van der Waals surface area contributed by atoms with Crippen molar-refractivity contribution in [3.05, 3.63) is 28.0 Å². The summed E-state index contributed by atoms with van der Waals surface area (Å²) in [6.07, 6.45) is 0. The first-order valence-corrected chi connectivity index (χ1v) is 3.77. The van der Waals surface area contributed by atoms with Crippen LogP contribution in [0.3, 0.4) is 0 Å². The zero-order valence-corrected chi connectivity index (χ0v) is 7.51. The van der Waals surface area contributed by atoms with Crippen molar-refractivity contribution in [2.75, 3.05) is 0 Å². The summed E-state index contributed by atoms with van der Waals surface area (Å²) in [5, 5.41) is 8.88. The molecule has 0 saturated carbocycles. The lowest BCUT2D eigenvalue weighted by molar-refractivity contribution is 0.0690. The Morgan fingerprint density at radius 3 is 2.67 bits per heavy atom. The van der Waals surface area contributed by atoms with Crippen molar-refractivity contribution in [1.29, 1.82) is 0 Å². The fourth-order valence-electron chi connectivity index (χ4n) is 0.963. The fraction of sp³-hybridized carbons (Fsp3) is 0.250. The number of nitrogens with zero attached hydrogens (tertiary/aromatic N) is 1. The van der Waals surface area contributed by atoms with Crippen molar-refractivity contribution in [2.24, 2.45) is 0 Å². The molecule has 0 amide bonds. The van der Waals surface area contributed by atoms with Crippen molar-refractivity contribution in [3.63, 3.8) is 0 Å². The Labute approximate surface area is 75.0 Å². The molecule has 1 N–H and O–H groups in total. The second-order valence-electron chi connectivity index (χ2n) is 2.55. The van der Waals surface area contributed by atoms with Gasteiger partial charge in [0, 0.05) is 5.69 Å². The summed E-state index contributed by atoms with van der Waals surface area (Å²) in [5.74, 6) is -1.09. The van der Waals surface area contributed by atoms with Gasteiger partial charge in [0.15, 0.2) is 5.69 Å². The predicted octanol–water partition coefficient (Wildman–Crippen LogP) is 2.05. The summed E-state index contributed by atoms with van der Waals surface area (Å²) in [6, 6.07) is 1.74. The molecule has 0 spiro atoms. The van der Waals surface area contributed by atoms with Gasteiger partial charge in [-0.05, 0) is 25.5 Å². The molecule has 1 rings (SSSR count). The fourth-order valence-corrected chi connectivity index (χ4v) is 1.14. The van der Waals surface area contributed by atoms with Crippen molar-refractivity contribution in [2.45, 2.75) is 13.8 Å². The van der Waals surface area contributed by atoms with Gasteiger partial charge in [0.2, 0.25) is 0 Å². The van der Waals surface area contributed by atoms with Crippen LogP contribution in [0.15, 0.2) is 6.07 Å². The molecule has 3 nitrogen and oxygen atoms in total. The number of carbonyl (C=O) groups is 1. The molecule has 0 unspecified atom stereocenters. The summed E-state index contributed by atoms with van der Waals surface area (Å²) in [6.45, 7) is 3.49. The molecule has 0 aliphatic carbocycles. The maximum absolute atomic E-state index is 10.6. The van der Waals surface area contributed by atoms with Crippen LogP contribution in [0.4, 0.5) is 0 Å². The summed E-state index contributed by atoms with van der Waals surface area (Å²) >= 11 is 5.72. The van der Waals surface area contributed by atoms with E-state index in [2.05, 4.69) is 4.98 Å². The maximum atomic E-state index is 10.6. The number of aromatic carboxylic acids is 1. The minimum atomic E-state index is -1.09. The monoisotopic (exact) mass is 185 g/mol. The molecule has 0 atom stereocenters. The van der Waals surface area contributed by atoms with E-state index in [-0.39, 0.29) is 10.7 Å². The van der Waals surface area contributed by atoms with E-state index >= 15 is 0 Å². The minimum absolute atomic E-state index is 0.0748. The maximum Gasteiger partial charge on any atom is 0.356 e. The van der Waals surface area contributed by atoms with E-state index in [0.717, 1.165) is 5.56 Å². The highest BCUT2D eigenvalue weighted by Gasteiger charge is 2.12. The normalized spacial score (nSPS) is 9.92. The van der Waals surface area contributed by atoms with Gasteiger partial charge in [-0.1, -0.05) is 11.6 Å². The highest BCUT2D eigenvalue weighted by molar-refractivity contribution is 6.33. The quantitative estimate of drug-likeness (QED) is 0.729. The van der Waals surface area contributed by atoms with Gasteiger partial charge in [0.05, 0.1) is 5.02 Å². The Morgan fingerprint density at radius 1 is 1.58 bits per heavy atom. The Kier molecular flexibility index (Phi) is 2.33. The van der Waals surface area contributed by atoms with Crippen molar-refractivity contribution >= 4 is 17.6 Å². The van der Waals surface area contributed by atoms with Crippen LogP contribution in [0.1, 0.15) is 21.7 Å². The van der Waals surface area contributed by atoms with Gasteiger partial charge in [-0.3, -0.25) is 0 Å². The molecule has 0 aliphatic rings. The molecular formula is C8H8ClNO2. The van der Waals surface area contributed by atoms with Gasteiger partial charge in [-0.2, -0.15) is 0 Å². The molecule has 0 radical (unpaired) electrons. The number of carboxylic acids is 1. The smallest absolute Gasteiger partial charge is 0.356 e. The molecule has 0 aromatic carbocycles. The summed E-state index contributed by atoms with van der Waals surface area (Å²) in [4.78, 5) is 14.4. The van der Waals surface area contributed by atoms with Crippen LogP contribution in [0.5, 0.6) is 0 Å². The van der Waals surface area contributed by atoms with E-state index in [0.29, 0.717) is 5.69 Å². The first kappa shape index (κ1) is 9.00. The SMILES string of the molecule is Cc1cc(C)c(Cl)c(C(=O)O)n1. The Morgan fingerprint density at radius 2 is 2.17 bits per heavy atom. The van der Waals surface area contributed by atoms with E-state index in [9.17, 15) is 4.79 Å². The van der Waals surface area contributed by atoms with E-state index < -0.39 is 5.97 Å². The lowest BCUT2D eigenvalue weighted by Gasteiger charge is -2.02. The molecule has 0 bridgehead atoms. The zero-order valence-electron chi connectivity index (χ0n) is 6.76. The number of halogens is 1. The number of pyridine rings is 1. The largest absolute Gasteiger partial charge is 0.476 e.